The van der Waals surface area contributed by atoms with E-state index in [1.54, 1.807) is 5.06 Å². The Hall–Kier alpha value is -1.26. The summed E-state index contributed by atoms with van der Waals surface area (Å²) in [6, 6.07) is 5.76. The van der Waals surface area contributed by atoms with Crippen LogP contribution in [-0.2, 0) is 11.3 Å². The standard InChI is InChI=1S/C11H13ClN2O2/c1-7-10-3-2-9(12)6-8(10)4-5-14(7)16-11(13)15/h2-3,6-7H,4-5H2,1H3,(H2,13,15). The molecule has 1 aromatic carbocycles. The zero-order valence-corrected chi connectivity index (χ0v) is 9.70. The molecule has 16 heavy (non-hydrogen) atoms. The second-order valence-corrected chi connectivity index (χ2v) is 4.26. The Morgan fingerprint density at radius 2 is 2.38 bits per heavy atom. The molecule has 1 aliphatic heterocycles. The Labute approximate surface area is 98.9 Å². The van der Waals surface area contributed by atoms with Crippen molar-refractivity contribution in [3.8, 4) is 0 Å². The number of hydrogen-bond acceptors (Lipinski definition) is 3. The second kappa shape index (κ2) is 4.31. The molecule has 1 aliphatic rings. The van der Waals surface area contributed by atoms with Gasteiger partial charge in [0.1, 0.15) is 0 Å². The third kappa shape index (κ3) is 2.13. The Morgan fingerprint density at radius 1 is 1.62 bits per heavy atom. The van der Waals surface area contributed by atoms with Crippen molar-refractivity contribution in [3.63, 3.8) is 0 Å². The number of hydroxylamine groups is 2. The van der Waals surface area contributed by atoms with E-state index in [9.17, 15) is 4.79 Å². The van der Waals surface area contributed by atoms with Gasteiger partial charge in [0.2, 0.25) is 0 Å². The number of nitrogens with zero attached hydrogens (tertiary/aromatic N) is 1. The monoisotopic (exact) mass is 240 g/mol. The predicted molar refractivity (Wildman–Crippen MR) is 60.9 cm³/mol. The summed E-state index contributed by atoms with van der Waals surface area (Å²) in [5.41, 5.74) is 7.33. The van der Waals surface area contributed by atoms with Crippen molar-refractivity contribution >= 4 is 17.7 Å². The van der Waals surface area contributed by atoms with Gasteiger partial charge in [-0.15, -0.1) is 5.06 Å². The molecule has 0 bridgehead atoms. The highest BCUT2D eigenvalue weighted by Crippen LogP contribution is 2.31. The van der Waals surface area contributed by atoms with Gasteiger partial charge < -0.3 is 10.6 Å². The molecule has 0 saturated carbocycles. The molecule has 86 valence electrons. The minimum Gasteiger partial charge on any atom is -0.351 e. The van der Waals surface area contributed by atoms with Crippen LogP contribution in [0.25, 0.3) is 0 Å². The number of fused-ring (bicyclic) bond motifs is 1. The van der Waals surface area contributed by atoms with Crippen molar-refractivity contribution in [1.29, 1.82) is 0 Å². The molecular formula is C11H13ClN2O2. The third-order valence-corrected chi connectivity index (χ3v) is 3.03. The minimum atomic E-state index is -0.774. The minimum absolute atomic E-state index is 0.00789. The van der Waals surface area contributed by atoms with E-state index in [4.69, 9.17) is 22.2 Å². The Bertz CT molecular complexity index is 422. The topological polar surface area (TPSA) is 55.6 Å². The van der Waals surface area contributed by atoms with E-state index < -0.39 is 6.09 Å². The highest BCUT2D eigenvalue weighted by molar-refractivity contribution is 6.30. The van der Waals surface area contributed by atoms with Gasteiger partial charge in [0, 0.05) is 11.6 Å². The van der Waals surface area contributed by atoms with Gasteiger partial charge in [-0.05, 0) is 36.6 Å². The van der Waals surface area contributed by atoms with Crippen LogP contribution in [0.5, 0.6) is 0 Å². The van der Waals surface area contributed by atoms with Crippen molar-refractivity contribution < 1.29 is 9.63 Å². The lowest BCUT2D eigenvalue weighted by Crippen LogP contribution is -2.37. The van der Waals surface area contributed by atoms with E-state index in [-0.39, 0.29) is 6.04 Å². The van der Waals surface area contributed by atoms with E-state index in [1.807, 2.05) is 25.1 Å². The summed E-state index contributed by atoms with van der Waals surface area (Å²) in [6.07, 6.45) is 0.0253. The van der Waals surface area contributed by atoms with Crippen LogP contribution in [0, 0.1) is 0 Å². The van der Waals surface area contributed by atoms with E-state index >= 15 is 0 Å². The fourth-order valence-corrected chi connectivity index (χ4v) is 2.21. The fraction of sp³-hybridized carbons (Fsp3) is 0.364. The van der Waals surface area contributed by atoms with Crippen LogP contribution < -0.4 is 5.73 Å². The van der Waals surface area contributed by atoms with Crippen LogP contribution >= 0.6 is 11.6 Å². The molecule has 2 rings (SSSR count). The van der Waals surface area contributed by atoms with Gasteiger partial charge in [-0.2, -0.15) is 0 Å². The van der Waals surface area contributed by atoms with Crippen LogP contribution in [0.2, 0.25) is 5.02 Å². The molecule has 0 fully saturated rings. The quantitative estimate of drug-likeness (QED) is 0.819. The summed E-state index contributed by atoms with van der Waals surface area (Å²) in [5.74, 6) is 0. The first-order valence-corrected chi connectivity index (χ1v) is 5.48. The zero-order valence-electron chi connectivity index (χ0n) is 8.94. The van der Waals surface area contributed by atoms with Gasteiger partial charge in [-0.3, -0.25) is 0 Å². The molecule has 1 heterocycles. The summed E-state index contributed by atoms with van der Waals surface area (Å²) in [4.78, 5) is 15.6. The molecule has 0 radical (unpaired) electrons. The molecule has 4 nitrogen and oxygen atoms in total. The lowest BCUT2D eigenvalue weighted by Gasteiger charge is -2.32. The second-order valence-electron chi connectivity index (χ2n) is 3.82. The number of rotatable bonds is 1. The largest absolute Gasteiger partial charge is 0.423 e. The highest BCUT2D eigenvalue weighted by atomic mass is 35.5. The van der Waals surface area contributed by atoms with Crippen LogP contribution in [0.4, 0.5) is 4.79 Å². The maximum atomic E-state index is 10.7. The number of carbonyl (C=O) groups excluding carboxylic acids is 1. The van der Waals surface area contributed by atoms with Crippen LogP contribution in [-0.4, -0.2) is 17.7 Å². The van der Waals surface area contributed by atoms with Gasteiger partial charge in [-0.1, -0.05) is 17.7 Å². The Balaban J connectivity index is 2.25. The maximum absolute atomic E-state index is 10.7. The molecule has 1 aromatic rings. The Kier molecular flexibility index (Phi) is 3.03. The summed E-state index contributed by atoms with van der Waals surface area (Å²) >= 11 is 5.93. The van der Waals surface area contributed by atoms with E-state index in [2.05, 4.69) is 0 Å². The van der Waals surface area contributed by atoms with Crippen molar-refractivity contribution in [2.45, 2.75) is 19.4 Å². The SMILES string of the molecule is CC1c2ccc(Cl)cc2CCN1OC(N)=O. The molecule has 0 aliphatic carbocycles. The summed E-state index contributed by atoms with van der Waals surface area (Å²) in [6.45, 7) is 2.60. The summed E-state index contributed by atoms with van der Waals surface area (Å²) in [7, 11) is 0. The molecule has 0 aromatic heterocycles. The molecule has 1 atom stereocenters. The van der Waals surface area contributed by atoms with Crippen LogP contribution in [0.1, 0.15) is 24.1 Å². The van der Waals surface area contributed by atoms with Crippen LogP contribution in [0.3, 0.4) is 0 Å². The maximum Gasteiger partial charge on any atom is 0.423 e. The third-order valence-electron chi connectivity index (χ3n) is 2.80. The average molecular weight is 241 g/mol. The molecule has 5 heteroatoms. The normalized spacial score (nSPS) is 20.2. The molecule has 0 spiro atoms. The first-order valence-electron chi connectivity index (χ1n) is 5.10. The molecule has 0 saturated heterocycles. The smallest absolute Gasteiger partial charge is 0.351 e. The molecule has 1 unspecified atom stereocenters. The highest BCUT2D eigenvalue weighted by Gasteiger charge is 2.26. The number of nitrogens with two attached hydrogens (primary N) is 1. The van der Waals surface area contributed by atoms with Crippen molar-refractivity contribution in [2.75, 3.05) is 6.54 Å². The van der Waals surface area contributed by atoms with E-state index in [1.165, 1.54) is 5.56 Å². The summed E-state index contributed by atoms with van der Waals surface area (Å²) < 4.78 is 0. The van der Waals surface area contributed by atoms with E-state index in [0.29, 0.717) is 6.54 Å². The van der Waals surface area contributed by atoms with Gasteiger partial charge in [0.15, 0.2) is 0 Å². The number of primary amides is 1. The number of amides is 1. The first kappa shape index (κ1) is 11.2. The molecule has 1 amide bonds. The number of benzene rings is 1. The molecule has 2 N–H and O–H groups in total. The van der Waals surface area contributed by atoms with Gasteiger partial charge in [-0.25, -0.2) is 4.79 Å². The van der Waals surface area contributed by atoms with Crippen LogP contribution in [0.15, 0.2) is 18.2 Å². The number of hydrogen-bond donors (Lipinski definition) is 1. The first-order chi connectivity index (χ1) is 7.58. The zero-order chi connectivity index (χ0) is 11.7. The van der Waals surface area contributed by atoms with Crippen molar-refractivity contribution in [2.24, 2.45) is 5.73 Å². The van der Waals surface area contributed by atoms with Gasteiger partial charge in [0.05, 0.1) is 6.04 Å². The predicted octanol–water partition coefficient (Wildman–Crippen LogP) is 2.27. The van der Waals surface area contributed by atoms with E-state index in [0.717, 1.165) is 17.0 Å². The average Bonchev–Trinajstić information content (AvgIpc) is 2.22. The number of halogens is 1. The van der Waals surface area contributed by atoms with Crippen molar-refractivity contribution in [3.05, 3.63) is 34.3 Å². The van der Waals surface area contributed by atoms with Crippen molar-refractivity contribution in [1.82, 2.24) is 5.06 Å². The lowest BCUT2D eigenvalue weighted by atomic mass is 9.95. The lowest BCUT2D eigenvalue weighted by molar-refractivity contribution is -0.129. The molecular weight excluding hydrogens is 228 g/mol. The number of carbonyl (C=O) groups is 1. The van der Waals surface area contributed by atoms with Gasteiger partial charge >= 0.3 is 6.09 Å². The fourth-order valence-electron chi connectivity index (χ4n) is 2.02. The van der Waals surface area contributed by atoms with Gasteiger partial charge in [0.25, 0.3) is 0 Å². The Morgan fingerprint density at radius 3 is 3.06 bits per heavy atom. The summed E-state index contributed by atoms with van der Waals surface area (Å²) in [5, 5.41) is 2.33.